The average Bonchev–Trinajstić information content (AvgIpc) is 3.01. The highest BCUT2D eigenvalue weighted by Gasteiger charge is 2.18. The summed E-state index contributed by atoms with van der Waals surface area (Å²) in [6.07, 6.45) is 1.00. The number of furan rings is 1. The van der Waals surface area contributed by atoms with Crippen LogP contribution in [0.3, 0.4) is 0 Å². The van der Waals surface area contributed by atoms with Gasteiger partial charge in [0.2, 0.25) is 5.91 Å². The van der Waals surface area contributed by atoms with Crippen molar-refractivity contribution in [2.24, 2.45) is 0 Å². The van der Waals surface area contributed by atoms with E-state index in [1.165, 1.54) is 12.7 Å². The van der Waals surface area contributed by atoms with Gasteiger partial charge >= 0.3 is 5.97 Å². The van der Waals surface area contributed by atoms with E-state index in [2.05, 4.69) is 31.2 Å². The van der Waals surface area contributed by atoms with Crippen molar-refractivity contribution in [1.82, 2.24) is 9.80 Å². The van der Waals surface area contributed by atoms with E-state index in [1.54, 1.807) is 24.9 Å². The molecule has 0 radical (unpaired) electrons. The van der Waals surface area contributed by atoms with Crippen LogP contribution in [-0.2, 0) is 29.0 Å². The predicted molar refractivity (Wildman–Crippen MR) is 103 cm³/mol. The number of hydrogen-bond acceptors (Lipinski definition) is 5. The quantitative estimate of drug-likeness (QED) is 0.667. The number of likely N-dealkylation sites (N-methyl/N-ethyl adjacent to an activating group) is 2. The maximum atomic E-state index is 12.5. The third kappa shape index (κ3) is 5.69. The average molecular weight is 372 g/mol. The van der Waals surface area contributed by atoms with Crippen LogP contribution in [0.1, 0.15) is 39.9 Å². The number of amides is 1. The number of hydrogen-bond donors (Lipinski definition) is 0. The summed E-state index contributed by atoms with van der Waals surface area (Å²) in [5.41, 5.74) is 2.81. The van der Waals surface area contributed by atoms with Gasteiger partial charge in [0.1, 0.15) is 17.1 Å². The minimum absolute atomic E-state index is 0.0218. The van der Waals surface area contributed by atoms with Crippen molar-refractivity contribution in [3.05, 3.63) is 58.5 Å². The monoisotopic (exact) mass is 372 g/mol. The molecule has 0 unspecified atom stereocenters. The number of carbonyl (C=O) groups is 2. The lowest BCUT2D eigenvalue weighted by atomic mass is 10.1. The van der Waals surface area contributed by atoms with E-state index in [0.717, 1.165) is 12.0 Å². The number of esters is 1. The van der Waals surface area contributed by atoms with Crippen molar-refractivity contribution in [3.63, 3.8) is 0 Å². The molecule has 1 aromatic heterocycles. The maximum Gasteiger partial charge on any atom is 0.341 e. The minimum Gasteiger partial charge on any atom is -0.465 e. The molecular weight excluding hydrogens is 344 g/mol. The standard InChI is InChI=1S/C21H28N2O4/c1-6-16-7-9-17(10-8-16)12-23(4)20(24)14-22(3)13-18-11-19(15(2)27-18)21(25)26-5/h7-11H,6,12-14H2,1-5H3. The summed E-state index contributed by atoms with van der Waals surface area (Å²) in [5, 5.41) is 0. The smallest absolute Gasteiger partial charge is 0.341 e. The Morgan fingerprint density at radius 2 is 1.70 bits per heavy atom. The molecule has 2 aromatic rings. The number of methoxy groups -OCH3 is 1. The number of nitrogens with zero attached hydrogens (tertiary/aromatic N) is 2. The Hall–Kier alpha value is -2.60. The van der Waals surface area contributed by atoms with Gasteiger partial charge < -0.3 is 14.1 Å². The van der Waals surface area contributed by atoms with Crippen LogP contribution in [0.15, 0.2) is 34.7 Å². The zero-order valence-electron chi connectivity index (χ0n) is 16.7. The van der Waals surface area contributed by atoms with Gasteiger partial charge in [-0.3, -0.25) is 9.69 Å². The fourth-order valence-corrected chi connectivity index (χ4v) is 2.85. The summed E-state index contributed by atoms with van der Waals surface area (Å²) in [5.74, 6) is 0.744. The van der Waals surface area contributed by atoms with Crippen LogP contribution in [0.2, 0.25) is 0 Å². The summed E-state index contributed by atoms with van der Waals surface area (Å²) in [4.78, 5) is 27.7. The Bertz CT molecular complexity index is 780. The third-order valence-corrected chi connectivity index (χ3v) is 4.48. The highest BCUT2D eigenvalue weighted by molar-refractivity contribution is 5.90. The fourth-order valence-electron chi connectivity index (χ4n) is 2.85. The van der Waals surface area contributed by atoms with E-state index >= 15 is 0 Å². The lowest BCUT2D eigenvalue weighted by Gasteiger charge is -2.21. The Morgan fingerprint density at radius 1 is 1.07 bits per heavy atom. The summed E-state index contributed by atoms with van der Waals surface area (Å²) >= 11 is 0. The molecule has 0 aliphatic heterocycles. The molecule has 1 heterocycles. The van der Waals surface area contributed by atoms with Crippen LogP contribution in [-0.4, -0.2) is 49.4 Å². The summed E-state index contributed by atoms with van der Waals surface area (Å²) in [6, 6.07) is 9.98. The molecular formula is C21H28N2O4. The predicted octanol–water partition coefficient (Wildman–Crippen LogP) is 3.03. The summed E-state index contributed by atoms with van der Waals surface area (Å²) in [6.45, 7) is 5.11. The van der Waals surface area contributed by atoms with Gasteiger partial charge in [-0.2, -0.15) is 0 Å². The Morgan fingerprint density at radius 3 is 2.30 bits per heavy atom. The zero-order valence-corrected chi connectivity index (χ0v) is 16.7. The van der Waals surface area contributed by atoms with E-state index < -0.39 is 5.97 Å². The topological polar surface area (TPSA) is 63.0 Å². The number of benzene rings is 1. The van der Waals surface area contributed by atoms with Gasteiger partial charge in [0, 0.05) is 13.6 Å². The van der Waals surface area contributed by atoms with Gasteiger partial charge in [0.25, 0.3) is 0 Å². The molecule has 0 atom stereocenters. The first-order valence-electron chi connectivity index (χ1n) is 9.02. The molecule has 0 saturated carbocycles. The molecule has 1 aromatic carbocycles. The number of aryl methyl sites for hydroxylation is 2. The van der Waals surface area contributed by atoms with Crippen molar-refractivity contribution in [2.75, 3.05) is 27.7 Å². The molecule has 6 nitrogen and oxygen atoms in total. The van der Waals surface area contributed by atoms with Gasteiger partial charge in [-0.25, -0.2) is 4.79 Å². The van der Waals surface area contributed by atoms with Crippen LogP contribution < -0.4 is 0 Å². The van der Waals surface area contributed by atoms with Gasteiger partial charge in [-0.15, -0.1) is 0 Å². The highest BCUT2D eigenvalue weighted by atomic mass is 16.5. The maximum absolute atomic E-state index is 12.5. The molecule has 0 aliphatic carbocycles. The Balaban J connectivity index is 1.89. The minimum atomic E-state index is -0.421. The molecule has 6 heteroatoms. The second kappa shape index (κ2) is 9.37. The van der Waals surface area contributed by atoms with Gasteiger partial charge in [0.05, 0.1) is 20.2 Å². The van der Waals surface area contributed by atoms with Crippen molar-refractivity contribution >= 4 is 11.9 Å². The second-order valence-corrected chi connectivity index (χ2v) is 6.77. The Kier molecular flexibility index (Phi) is 7.19. The molecule has 146 valence electrons. The van der Waals surface area contributed by atoms with Crippen LogP contribution >= 0.6 is 0 Å². The summed E-state index contributed by atoms with van der Waals surface area (Å²) < 4.78 is 10.3. The summed E-state index contributed by atoms with van der Waals surface area (Å²) in [7, 11) is 4.98. The largest absolute Gasteiger partial charge is 0.465 e. The SMILES string of the molecule is CCc1ccc(CN(C)C(=O)CN(C)Cc2cc(C(=O)OC)c(C)o2)cc1. The Labute approximate surface area is 160 Å². The first-order valence-corrected chi connectivity index (χ1v) is 9.02. The van der Waals surface area contributed by atoms with Crippen LogP contribution in [0.5, 0.6) is 0 Å². The van der Waals surface area contributed by atoms with Crippen LogP contribution in [0.4, 0.5) is 0 Å². The number of carbonyl (C=O) groups excluding carboxylic acids is 2. The molecule has 0 aliphatic rings. The molecule has 1 amide bonds. The van der Waals surface area contributed by atoms with Gasteiger partial charge in [-0.1, -0.05) is 31.2 Å². The lowest BCUT2D eigenvalue weighted by Crippen LogP contribution is -2.36. The molecule has 27 heavy (non-hydrogen) atoms. The highest BCUT2D eigenvalue weighted by Crippen LogP contribution is 2.17. The van der Waals surface area contributed by atoms with Crippen LogP contribution in [0, 0.1) is 6.92 Å². The van der Waals surface area contributed by atoms with E-state index in [-0.39, 0.29) is 12.5 Å². The lowest BCUT2D eigenvalue weighted by molar-refractivity contribution is -0.131. The van der Waals surface area contributed by atoms with Crippen molar-refractivity contribution in [3.8, 4) is 0 Å². The van der Waals surface area contributed by atoms with Crippen molar-refractivity contribution < 1.29 is 18.7 Å². The van der Waals surface area contributed by atoms with Crippen molar-refractivity contribution in [2.45, 2.75) is 33.4 Å². The van der Waals surface area contributed by atoms with Crippen molar-refractivity contribution in [1.29, 1.82) is 0 Å². The second-order valence-electron chi connectivity index (χ2n) is 6.77. The number of rotatable bonds is 8. The normalized spacial score (nSPS) is 10.9. The molecule has 0 spiro atoms. The molecule has 2 rings (SSSR count). The third-order valence-electron chi connectivity index (χ3n) is 4.48. The van der Waals surface area contributed by atoms with E-state index in [0.29, 0.717) is 30.2 Å². The van der Waals surface area contributed by atoms with Gasteiger partial charge in [0.15, 0.2) is 0 Å². The first-order chi connectivity index (χ1) is 12.8. The van der Waals surface area contributed by atoms with Crippen LogP contribution in [0.25, 0.3) is 0 Å². The molecule has 0 saturated heterocycles. The molecule has 0 fully saturated rings. The number of ether oxygens (including phenoxy) is 1. The first kappa shape index (κ1) is 20.7. The van der Waals surface area contributed by atoms with E-state index in [9.17, 15) is 9.59 Å². The fraction of sp³-hybridized carbons (Fsp3) is 0.429. The van der Waals surface area contributed by atoms with E-state index in [1.807, 2.05) is 11.9 Å². The van der Waals surface area contributed by atoms with E-state index in [4.69, 9.17) is 9.15 Å². The molecule has 0 N–H and O–H groups in total. The molecule has 0 bridgehead atoms. The zero-order chi connectivity index (χ0) is 20.0. The van der Waals surface area contributed by atoms with Gasteiger partial charge in [-0.05, 0) is 37.6 Å².